The Hall–Kier alpha value is -1.36. The largest absolute Gasteiger partial charge is 0.462 e. The van der Waals surface area contributed by atoms with Gasteiger partial charge in [-0.05, 0) is 38.5 Å². The highest BCUT2D eigenvalue weighted by Crippen LogP contribution is 2.20. The number of unbranched alkanes of at least 4 members (excludes halogenated alkanes) is 61. The van der Waals surface area contributed by atoms with Crippen molar-refractivity contribution in [1.29, 1.82) is 0 Å². The maximum atomic E-state index is 12.4. The molecular weight excluding hydrogens is 981 g/mol. The van der Waals surface area contributed by atoms with Gasteiger partial charge in [0.15, 0.2) is 6.10 Å². The van der Waals surface area contributed by atoms with Crippen molar-refractivity contribution < 1.29 is 24.2 Å². The molecule has 0 aromatic heterocycles. The molecule has 0 fully saturated rings. The molecule has 1 unspecified atom stereocenters. The van der Waals surface area contributed by atoms with Gasteiger partial charge in [-0.1, -0.05) is 398 Å². The summed E-state index contributed by atoms with van der Waals surface area (Å²) in [7, 11) is 0. The smallest absolute Gasteiger partial charge is 0.306 e. The molecule has 0 heterocycles. The lowest BCUT2D eigenvalue weighted by atomic mass is 10.0. The Balaban J connectivity index is 3.34. The fourth-order valence-corrected chi connectivity index (χ4v) is 12.0. The summed E-state index contributed by atoms with van der Waals surface area (Å²) in [6, 6.07) is 0. The third-order valence-corrected chi connectivity index (χ3v) is 17.6. The monoisotopic (exact) mass is 1130 g/mol. The van der Waals surface area contributed by atoms with Gasteiger partial charge in [0.2, 0.25) is 0 Å². The molecular formula is C75H146O5. The first-order valence-corrected chi connectivity index (χ1v) is 37.2. The average molecular weight is 1130 g/mol. The zero-order chi connectivity index (χ0) is 57.6. The molecule has 0 spiro atoms. The molecule has 0 rings (SSSR count). The van der Waals surface area contributed by atoms with Gasteiger partial charge in [0, 0.05) is 12.8 Å². The third-order valence-electron chi connectivity index (χ3n) is 17.6. The molecule has 0 aliphatic heterocycles. The summed E-state index contributed by atoms with van der Waals surface area (Å²) >= 11 is 0. The molecule has 0 amide bonds. The van der Waals surface area contributed by atoms with Crippen LogP contribution < -0.4 is 0 Å². The number of ether oxygens (including phenoxy) is 2. The Kier molecular flexibility index (Phi) is 70.7. The molecule has 5 heteroatoms. The number of aliphatic hydroxyl groups is 1. The van der Waals surface area contributed by atoms with Crippen LogP contribution in [0.3, 0.4) is 0 Å². The summed E-state index contributed by atoms with van der Waals surface area (Å²) in [6.07, 6.45) is 92.9. The zero-order valence-corrected chi connectivity index (χ0v) is 54.9. The van der Waals surface area contributed by atoms with Crippen LogP contribution in [0, 0.1) is 0 Å². The maximum absolute atomic E-state index is 12.4. The Morgan fingerprint density at radius 2 is 0.463 bits per heavy atom. The second-order valence-corrected chi connectivity index (χ2v) is 25.7. The number of hydrogen-bond acceptors (Lipinski definition) is 5. The molecule has 476 valence electrons. The van der Waals surface area contributed by atoms with E-state index in [1.54, 1.807) is 0 Å². The van der Waals surface area contributed by atoms with E-state index in [1.165, 1.54) is 379 Å². The minimum atomic E-state index is -0.767. The van der Waals surface area contributed by atoms with E-state index in [0.29, 0.717) is 12.8 Å². The Morgan fingerprint density at radius 3 is 0.675 bits per heavy atom. The van der Waals surface area contributed by atoms with Crippen LogP contribution in [0.2, 0.25) is 0 Å². The lowest BCUT2D eigenvalue weighted by Gasteiger charge is -2.15. The molecule has 1 N–H and O–H groups in total. The van der Waals surface area contributed by atoms with Crippen molar-refractivity contribution in [3.63, 3.8) is 0 Å². The Labute approximate surface area is 502 Å². The van der Waals surface area contributed by atoms with Crippen LogP contribution in [0.25, 0.3) is 0 Å². The standard InChI is InChI=1S/C75H146O5/c1-3-5-7-9-11-13-15-17-19-21-23-25-27-29-31-32-33-34-35-36-37-38-39-40-41-42-44-46-48-50-52-54-56-58-60-62-64-66-68-70-75(78)80-73(71-76)72-79-74(77)69-67-65-63-61-59-57-55-53-51-49-47-45-43-30-28-26-24-22-20-18-16-14-12-10-8-6-4-2/h21,23,73,76H,3-20,22,24-72H2,1-2H3/b23-21-. The van der Waals surface area contributed by atoms with Crippen molar-refractivity contribution in [2.75, 3.05) is 13.2 Å². The molecule has 0 bridgehead atoms. The molecule has 0 aromatic rings. The first-order chi connectivity index (χ1) is 39.6. The fraction of sp³-hybridized carbons (Fsp3) is 0.947. The minimum absolute atomic E-state index is 0.0561. The van der Waals surface area contributed by atoms with Crippen LogP contribution in [0.1, 0.15) is 438 Å². The van der Waals surface area contributed by atoms with Gasteiger partial charge in [-0.15, -0.1) is 0 Å². The van der Waals surface area contributed by atoms with Gasteiger partial charge in [0.05, 0.1) is 6.61 Å². The normalized spacial score (nSPS) is 12.1. The van der Waals surface area contributed by atoms with E-state index >= 15 is 0 Å². The van der Waals surface area contributed by atoms with E-state index in [4.69, 9.17) is 9.47 Å². The van der Waals surface area contributed by atoms with Crippen LogP contribution in [-0.2, 0) is 19.1 Å². The number of aliphatic hydroxyl groups excluding tert-OH is 1. The van der Waals surface area contributed by atoms with Crippen molar-refractivity contribution in [2.45, 2.75) is 444 Å². The second kappa shape index (κ2) is 71.9. The van der Waals surface area contributed by atoms with Crippen molar-refractivity contribution in [2.24, 2.45) is 0 Å². The Bertz CT molecular complexity index is 1180. The first-order valence-electron chi connectivity index (χ1n) is 37.2. The van der Waals surface area contributed by atoms with Crippen LogP contribution >= 0.6 is 0 Å². The number of hydrogen-bond donors (Lipinski definition) is 1. The number of carbonyl (C=O) groups is 2. The van der Waals surface area contributed by atoms with E-state index in [1.807, 2.05) is 0 Å². The van der Waals surface area contributed by atoms with Crippen molar-refractivity contribution in [3.05, 3.63) is 12.2 Å². The topological polar surface area (TPSA) is 72.8 Å². The summed E-state index contributed by atoms with van der Waals surface area (Å²) in [5.74, 6) is -0.559. The van der Waals surface area contributed by atoms with Gasteiger partial charge in [-0.3, -0.25) is 9.59 Å². The van der Waals surface area contributed by atoms with Gasteiger partial charge >= 0.3 is 11.9 Å². The summed E-state index contributed by atoms with van der Waals surface area (Å²) < 4.78 is 10.8. The highest BCUT2D eigenvalue weighted by Gasteiger charge is 2.16. The van der Waals surface area contributed by atoms with Crippen molar-refractivity contribution >= 4 is 11.9 Å². The van der Waals surface area contributed by atoms with E-state index < -0.39 is 6.10 Å². The number of carbonyl (C=O) groups excluding carboxylic acids is 2. The molecule has 80 heavy (non-hydrogen) atoms. The van der Waals surface area contributed by atoms with Crippen LogP contribution in [0.4, 0.5) is 0 Å². The molecule has 0 radical (unpaired) electrons. The predicted octanol–water partition coefficient (Wildman–Crippen LogP) is 25.8. The Morgan fingerprint density at radius 1 is 0.275 bits per heavy atom. The molecule has 5 nitrogen and oxygen atoms in total. The van der Waals surface area contributed by atoms with Crippen LogP contribution in [0.15, 0.2) is 12.2 Å². The minimum Gasteiger partial charge on any atom is -0.462 e. The quantitative estimate of drug-likeness (QED) is 0.0373. The fourth-order valence-electron chi connectivity index (χ4n) is 12.0. The highest BCUT2D eigenvalue weighted by atomic mass is 16.6. The average Bonchev–Trinajstić information content (AvgIpc) is 3.46. The first kappa shape index (κ1) is 78.6. The maximum Gasteiger partial charge on any atom is 0.306 e. The second-order valence-electron chi connectivity index (χ2n) is 25.7. The van der Waals surface area contributed by atoms with Gasteiger partial charge in [0.1, 0.15) is 6.61 Å². The molecule has 1 atom stereocenters. The van der Waals surface area contributed by atoms with Gasteiger partial charge in [0.25, 0.3) is 0 Å². The summed E-state index contributed by atoms with van der Waals surface area (Å²) in [5, 5.41) is 9.71. The zero-order valence-electron chi connectivity index (χ0n) is 54.9. The van der Waals surface area contributed by atoms with Crippen molar-refractivity contribution in [3.8, 4) is 0 Å². The van der Waals surface area contributed by atoms with Crippen molar-refractivity contribution in [1.82, 2.24) is 0 Å². The van der Waals surface area contributed by atoms with Crippen LogP contribution in [-0.4, -0.2) is 36.4 Å². The molecule has 0 aliphatic carbocycles. The summed E-state index contributed by atoms with van der Waals surface area (Å²) in [6.45, 7) is 4.22. The molecule has 0 saturated heterocycles. The molecule has 0 aromatic carbocycles. The SMILES string of the molecule is CCCCCCCCCC/C=C\CCCCCCCCCCCCCCCCCCCCCCCCCCCCCC(=O)OC(CO)COC(=O)CCCCCCCCCCCCCCCCCCCCCCCCCCCCC. The lowest BCUT2D eigenvalue weighted by Crippen LogP contribution is -2.28. The number of rotatable bonds is 71. The van der Waals surface area contributed by atoms with Gasteiger partial charge in [-0.25, -0.2) is 0 Å². The third kappa shape index (κ3) is 69.1. The predicted molar refractivity (Wildman–Crippen MR) is 353 cm³/mol. The van der Waals surface area contributed by atoms with Gasteiger partial charge in [-0.2, -0.15) is 0 Å². The number of allylic oxidation sites excluding steroid dienone is 2. The lowest BCUT2D eigenvalue weighted by molar-refractivity contribution is -0.161. The van der Waals surface area contributed by atoms with Crippen LogP contribution in [0.5, 0.6) is 0 Å². The van der Waals surface area contributed by atoms with E-state index in [9.17, 15) is 14.7 Å². The summed E-state index contributed by atoms with van der Waals surface area (Å²) in [5.41, 5.74) is 0. The van der Waals surface area contributed by atoms with E-state index in [-0.39, 0.29) is 25.2 Å². The summed E-state index contributed by atoms with van der Waals surface area (Å²) in [4.78, 5) is 24.7. The van der Waals surface area contributed by atoms with E-state index in [2.05, 4.69) is 26.0 Å². The number of esters is 2. The molecule has 0 saturated carbocycles. The molecule has 0 aliphatic rings. The highest BCUT2D eigenvalue weighted by molar-refractivity contribution is 5.70. The van der Waals surface area contributed by atoms with E-state index in [0.717, 1.165) is 32.1 Å². The van der Waals surface area contributed by atoms with Gasteiger partial charge < -0.3 is 14.6 Å².